The Morgan fingerprint density at radius 2 is 1.75 bits per heavy atom. The van der Waals surface area contributed by atoms with Crippen LogP contribution < -0.4 is 5.32 Å². The summed E-state index contributed by atoms with van der Waals surface area (Å²) in [5.74, 6) is -1.28. The average Bonchev–Trinajstić information content (AvgIpc) is 2.53. The van der Waals surface area contributed by atoms with Gasteiger partial charge in [-0.1, -0.05) is 18.2 Å². The molecule has 0 unspecified atom stereocenters. The van der Waals surface area contributed by atoms with Gasteiger partial charge in [0.2, 0.25) is 11.8 Å². The number of halogens is 2. The Balaban J connectivity index is 1.90. The maximum Gasteiger partial charge on any atom is 0.226 e. The SMILES string of the molecule is CC(=O)N(CCC(=O)Nc1cccc(F)c1)Cc1ccc(F)cc1. The van der Waals surface area contributed by atoms with Gasteiger partial charge in [-0.05, 0) is 35.9 Å². The Labute approximate surface area is 139 Å². The number of anilines is 1. The van der Waals surface area contributed by atoms with Gasteiger partial charge in [-0.2, -0.15) is 0 Å². The lowest BCUT2D eigenvalue weighted by Crippen LogP contribution is -2.31. The number of rotatable bonds is 6. The van der Waals surface area contributed by atoms with Crippen LogP contribution in [0.1, 0.15) is 18.9 Å². The predicted molar refractivity (Wildman–Crippen MR) is 87.1 cm³/mol. The average molecular weight is 332 g/mol. The molecular weight excluding hydrogens is 314 g/mol. The second-order valence-electron chi connectivity index (χ2n) is 5.38. The van der Waals surface area contributed by atoms with Gasteiger partial charge in [0.15, 0.2) is 0 Å². The molecule has 0 saturated carbocycles. The van der Waals surface area contributed by atoms with Gasteiger partial charge in [-0.15, -0.1) is 0 Å². The van der Waals surface area contributed by atoms with Gasteiger partial charge in [0.1, 0.15) is 11.6 Å². The zero-order chi connectivity index (χ0) is 17.5. The molecule has 0 fully saturated rings. The van der Waals surface area contributed by atoms with Crippen LogP contribution in [0.3, 0.4) is 0 Å². The Kier molecular flexibility index (Phi) is 6.01. The fourth-order valence-corrected chi connectivity index (χ4v) is 2.18. The van der Waals surface area contributed by atoms with Crippen molar-refractivity contribution in [3.63, 3.8) is 0 Å². The van der Waals surface area contributed by atoms with Gasteiger partial charge in [-0.3, -0.25) is 9.59 Å². The van der Waals surface area contributed by atoms with Crippen LogP contribution in [0.2, 0.25) is 0 Å². The number of nitrogens with one attached hydrogen (secondary N) is 1. The maximum atomic E-state index is 13.1. The fraction of sp³-hybridized carbons (Fsp3) is 0.222. The van der Waals surface area contributed by atoms with Crippen molar-refractivity contribution in [3.8, 4) is 0 Å². The van der Waals surface area contributed by atoms with Gasteiger partial charge >= 0.3 is 0 Å². The summed E-state index contributed by atoms with van der Waals surface area (Å²) in [5.41, 5.74) is 1.14. The smallest absolute Gasteiger partial charge is 0.226 e. The van der Waals surface area contributed by atoms with Gasteiger partial charge in [0, 0.05) is 32.1 Å². The first kappa shape index (κ1) is 17.6. The van der Waals surface area contributed by atoms with Crippen molar-refractivity contribution in [3.05, 3.63) is 65.7 Å². The number of carbonyl (C=O) groups is 2. The molecule has 0 aliphatic rings. The molecule has 4 nitrogen and oxygen atoms in total. The Morgan fingerprint density at radius 3 is 2.38 bits per heavy atom. The molecule has 0 aromatic heterocycles. The molecule has 2 rings (SSSR count). The van der Waals surface area contributed by atoms with Crippen LogP contribution in [0, 0.1) is 11.6 Å². The van der Waals surface area contributed by atoms with Crippen LogP contribution in [0.5, 0.6) is 0 Å². The second-order valence-corrected chi connectivity index (χ2v) is 5.38. The Hall–Kier alpha value is -2.76. The first-order valence-corrected chi connectivity index (χ1v) is 7.49. The van der Waals surface area contributed by atoms with Crippen LogP contribution in [-0.2, 0) is 16.1 Å². The highest BCUT2D eigenvalue weighted by atomic mass is 19.1. The highest BCUT2D eigenvalue weighted by molar-refractivity contribution is 5.91. The van der Waals surface area contributed by atoms with Crippen molar-refractivity contribution >= 4 is 17.5 Å². The van der Waals surface area contributed by atoms with Crippen molar-refractivity contribution in [1.82, 2.24) is 4.90 Å². The quantitative estimate of drug-likeness (QED) is 0.882. The van der Waals surface area contributed by atoms with Gasteiger partial charge < -0.3 is 10.2 Å². The van der Waals surface area contributed by atoms with Crippen molar-refractivity contribution < 1.29 is 18.4 Å². The number of carbonyl (C=O) groups excluding carboxylic acids is 2. The molecule has 0 saturated heterocycles. The topological polar surface area (TPSA) is 49.4 Å². The van der Waals surface area contributed by atoms with Crippen molar-refractivity contribution in [2.75, 3.05) is 11.9 Å². The minimum atomic E-state index is -0.436. The summed E-state index contributed by atoms with van der Waals surface area (Å²) in [6.07, 6.45) is 0.0806. The molecule has 2 amide bonds. The van der Waals surface area contributed by atoms with E-state index in [0.29, 0.717) is 12.2 Å². The standard InChI is InChI=1S/C18H18F2N2O2/c1-13(23)22(12-14-5-7-15(19)8-6-14)10-9-18(24)21-17-4-2-3-16(20)11-17/h2-8,11H,9-10,12H2,1H3,(H,21,24). The van der Waals surface area contributed by atoms with E-state index >= 15 is 0 Å². The minimum absolute atomic E-state index is 0.0806. The summed E-state index contributed by atoms with van der Waals surface area (Å²) in [4.78, 5) is 25.1. The summed E-state index contributed by atoms with van der Waals surface area (Å²) in [6.45, 7) is 1.92. The Bertz CT molecular complexity index is 717. The van der Waals surface area contributed by atoms with Crippen LogP contribution >= 0.6 is 0 Å². The Morgan fingerprint density at radius 1 is 1.04 bits per heavy atom. The fourth-order valence-electron chi connectivity index (χ4n) is 2.18. The van der Waals surface area contributed by atoms with Crippen LogP contribution in [0.15, 0.2) is 48.5 Å². The lowest BCUT2D eigenvalue weighted by atomic mass is 10.2. The number of amides is 2. The van der Waals surface area contributed by atoms with E-state index in [0.717, 1.165) is 5.56 Å². The van der Waals surface area contributed by atoms with Gasteiger partial charge in [-0.25, -0.2) is 8.78 Å². The lowest BCUT2D eigenvalue weighted by Gasteiger charge is -2.21. The molecule has 0 bridgehead atoms. The first-order chi connectivity index (χ1) is 11.4. The first-order valence-electron chi connectivity index (χ1n) is 7.49. The van der Waals surface area contributed by atoms with Crippen molar-refractivity contribution in [2.24, 2.45) is 0 Å². The molecule has 0 spiro atoms. The van der Waals surface area contributed by atoms with E-state index in [-0.39, 0.29) is 30.6 Å². The number of benzene rings is 2. The van der Waals surface area contributed by atoms with Crippen molar-refractivity contribution in [2.45, 2.75) is 19.9 Å². The largest absolute Gasteiger partial charge is 0.338 e. The summed E-state index contributed by atoms with van der Waals surface area (Å²) in [6, 6.07) is 11.4. The lowest BCUT2D eigenvalue weighted by molar-refractivity contribution is -0.129. The van der Waals surface area contributed by atoms with Gasteiger partial charge in [0.05, 0.1) is 0 Å². The molecule has 0 atom stereocenters. The highest BCUT2D eigenvalue weighted by Crippen LogP contribution is 2.11. The summed E-state index contributed by atoms with van der Waals surface area (Å²) < 4.78 is 26.0. The molecular formula is C18H18F2N2O2. The third kappa shape index (κ3) is 5.46. The summed E-state index contributed by atoms with van der Waals surface area (Å²) in [5, 5.41) is 2.58. The van der Waals surface area contributed by atoms with E-state index in [4.69, 9.17) is 0 Å². The van der Waals surface area contributed by atoms with Crippen LogP contribution in [-0.4, -0.2) is 23.3 Å². The van der Waals surface area contributed by atoms with E-state index in [1.54, 1.807) is 18.2 Å². The maximum absolute atomic E-state index is 13.1. The molecule has 2 aromatic carbocycles. The zero-order valence-electron chi connectivity index (χ0n) is 13.3. The van der Waals surface area contributed by atoms with E-state index in [1.807, 2.05) is 0 Å². The molecule has 6 heteroatoms. The number of nitrogens with zero attached hydrogens (tertiary/aromatic N) is 1. The molecule has 1 N–H and O–H groups in total. The molecule has 0 aliphatic heterocycles. The van der Waals surface area contributed by atoms with E-state index in [1.165, 1.54) is 42.2 Å². The molecule has 0 radical (unpaired) electrons. The summed E-state index contributed by atoms with van der Waals surface area (Å²) >= 11 is 0. The molecule has 24 heavy (non-hydrogen) atoms. The molecule has 126 valence electrons. The second kappa shape index (κ2) is 8.19. The summed E-state index contributed by atoms with van der Waals surface area (Å²) in [7, 11) is 0. The van der Waals surface area contributed by atoms with Gasteiger partial charge in [0.25, 0.3) is 0 Å². The third-order valence-electron chi connectivity index (χ3n) is 3.45. The van der Waals surface area contributed by atoms with Crippen LogP contribution in [0.4, 0.5) is 14.5 Å². The van der Waals surface area contributed by atoms with E-state index in [9.17, 15) is 18.4 Å². The molecule has 0 aliphatic carbocycles. The van der Waals surface area contributed by atoms with E-state index in [2.05, 4.69) is 5.32 Å². The number of hydrogen-bond donors (Lipinski definition) is 1. The third-order valence-corrected chi connectivity index (χ3v) is 3.45. The number of hydrogen-bond acceptors (Lipinski definition) is 2. The molecule has 2 aromatic rings. The van der Waals surface area contributed by atoms with E-state index < -0.39 is 5.82 Å². The van der Waals surface area contributed by atoms with Crippen LogP contribution in [0.25, 0.3) is 0 Å². The zero-order valence-corrected chi connectivity index (χ0v) is 13.3. The van der Waals surface area contributed by atoms with Crippen molar-refractivity contribution in [1.29, 1.82) is 0 Å². The normalized spacial score (nSPS) is 10.3. The predicted octanol–water partition coefficient (Wildman–Crippen LogP) is 3.34. The monoisotopic (exact) mass is 332 g/mol. The highest BCUT2D eigenvalue weighted by Gasteiger charge is 2.12. The minimum Gasteiger partial charge on any atom is -0.338 e. The molecule has 0 heterocycles.